The maximum Gasteiger partial charge on any atom is 0.0381 e. The van der Waals surface area contributed by atoms with E-state index in [2.05, 4.69) is 96.5 Å². The minimum atomic E-state index is 0.351. The summed E-state index contributed by atoms with van der Waals surface area (Å²) in [4.78, 5) is 0. The molecule has 0 aliphatic heterocycles. The molecule has 0 atom stereocenters. The highest BCUT2D eigenvalue weighted by atomic mass is 14.9. The summed E-state index contributed by atoms with van der Waals surface area (Å²) in [6.45, 7) is 23.6. The fourth-order valence-corrected chi connectivity index (χ4v) is 2.68. The molecular weight excluding hydrogens is 330 g/mol. The van der Waals surface area contributed by atoms with Crippen molar-refractivity contribution in [1.82, 2.24) is 0 Å². The van der Waals surface area contributed by atoms with E-state index in [0.717, 1.165) is 38.9 Å². The molecule has 1 aromatic carbocycles. The van der Waals surface area contributed by atoms with Crippen molar-refractivity contribution in [2.24, 2.45) is 16.2 Å². The molecule has 156 valence electrons. The van der Waals surface area contributed by atoms with Crippen LogP contribution in [-0.4, -0.2) is 19.6 Å². The molecule has 0 fully saturated rings. The van der Waals surface area contributed by atoms with Crippen LogP contribution in [0.4, 0.5) is 17.1 Å². The molecular formula is C24H45N3. The predicted octanol–water partition coefficient (Wildman–Crippen LogP) is 7.23. The molecule has 3 heteroatoms. The minimum Gasteiger partial charge on any atom is -0.385 e. The van der Waals surface area contributed by atoms with Crippen LogP contribution in [0.3, 0.4) is 0 Å². The van der Waals surface area contributed by atoms with Crippen LogP contribution in [-0.2, 0) is 0 Å². The van der Waals surface area contributed by atoms with Gasteiger partial charge in [0, 0.05) is 36.7 Å². The van der Waals surface area contributed by atoms with E-state index < -0.39 is 0 Å². The average molecular weight is 376 g/mol. The summed E-state index contributed by atoms with van der Waals surface area (Å²) in [6, 6.07) is 6.71. The van der Waals surface area contributed by atoms with Gasteiger partial charge in [-0.3, -0.25) is 0 Å². The minimum absolute atomic E-state index is 0.351. The van der Waals surface area contributed by atoms with Crippen molar-refractivity contribution >= 4 is 17.1 Å². The molecule has 0 heterocycles. The highest BCUT2D eigenvalue weighted by molar-refractivity contribution is 5.67. The maximum atomic E-state index is 3.62. The van der Waals surface area contributed by atoms with E-state index in [9.17, 15) is 0 Å². The Morgan fingerprint density at radius 2 is 0.704 bits per heavy atom. The molecule has 0 bridgehead atoms. The first-order chi connectivity index (χ1) is 12.2. The fourth-order valence-electron chi connectivity index (χ4n) is 2.68. The molecule has 0 unspecified atom stereocenters. The smallest absolute Gasteiger partial charge is 0.0381 e. The van der Waals surface area contributed by atoms with Crippen molar-refractivity contribution in [1.29, 1.82) is 0 Å². The van der Waals surface area contributed by atoms with E-state index in [1.807, 2.05) is 0 Å². The molecule has 0 amide bonds. The lowest BCUT2D eigenvalue weighted by Crippen LogP contribution is -2.15. The number of hydrogen-bond acceptors (Lipinski definition) is 3. The normalized spacial score (nSPS) is 12.8. The summed E-state index contributed by atoms with van der Waals surface area (Å²) >= 11 is 0. The van der Waals surface area contributed by atoms with Crippen LogP contribution in [0.5, 0.6) is 0 Å². The summed E-state index contributed by atoms with van der Waals surface area (Å²) in [6.07, 6.45) is 3.46. The Balaban J connectivity index is 2.77. The van der Waals surface area contributed by atoms with Crippen LogP contribution in [0.1, 0.15) is 81.6 Å². The Morgan fingerprint density at radius 1 is 0.481 bits per heavy atom. The molecule has 0 aliphatic rings. The second-order valence-corrected chi connectivity index (χ2v) is 11.5. The standard InChI is InChI=1S/C24H45N3/c1-22(2,3)10-13-25-19-16-20(26-14-11-23(4,5)6)18-21(17-19)27-15-12-24(7,8)9/h16-18,25-27H,10-15H2,1-9H3. The van der Waals surface area contributed by atoms with Crippen molar-refractivity contribution in [2.75, 3.05) is 35.6 Å². The number of rotatable bonds is 9. The molecule has 1 aromatic rings. The lowest BCUT2D eigenvalue weighted by molar-refractivity contribution is 0.389. The van der Waals surface area contributed by atoms with Gasteiger partial charge in [-0.15, -0.1) is 0 Å². The third-order valence-electron chi connectivity index (χ3n) is 4.55. The van der Waals surface area contributed by atoms with E-state index in [1.54, 1.807) is 0 Å². The molecule has 0 aromatic heterocycles. The van der Waals surface area contributed by atoms with Gasteiger partial charge < -0.3 is 16.0 Å². The molecule has 27 heavy (non-hydrogen) atoms. The Kier molecular flexibility index (Phi) is 8.50. The van der Waals surface area contributed by atoms with E-state index in [1.165, 1.54) is 17.1 Å². The predicted molar refractivity (Wildman–Crippen MR) is 124 cm³/mol. The number of nitrogens with one attached hydrogen (secondary N) is 3. The van der Waals surface area contributed by atoms with E-state index >= 15 is 0 Å². The second kappa shape index (κ2) is 9.71. The first-order valence-corrected chi connectivity index (χ1v) is 10.6. The Hall–Kier alpha value is -1.38. The van der Waals surface area contributed by atoms with Crippen LogP contribution < -0.4 is 16.0 Å². The van der Waals surface area contributed by atoms with Gasteiger partial charge in [0.05, 0.1) is 0 Å². The van der Waals surface area contributed by atoms with Crippen LogP contribution in [0, 0.1) is 16.2 Å². The molecule has 0 aliphatic carbocycles. The van der Waals surface area contributed by atoms with E-state index in [0.29, 0.717) is 16.2 Å². The topological polar surface area (TPSA) is 36.1 Å². The lowest BCUT2D eigenvalue weighted by atomic mass is 9.92. The monoisotopic (exact) mass is 375 g/mol. The Morgan fingerprint density at radius 3 is 0.889 bits per heavy atom. The highest BCUT2D eigenvalue weighted by Crippen LogP contribution is 2.26. The molecule has 3 N–H and O–H groups in total. The summed E-state index contributed by atoms with van der Waals surface area (Å²) in [7, 11) is 0. The quantitative estimate of drug-likeness (QED) is 0.426. The largest absolute Gasteiger partial charge is 0.385 e. The van der Waals surface area contributed by atoms with Gasteiger partial charge in [-0.2, -0.15) is 0 Å². The van der Waals surface area contributed by atoms with Gasteiger partial charge in [0.1, 0.15) is 0 Å². The zero-order valence-electron chi connectivity index (χ0n) is 19.5. The molecule has 0 saturated carbocycles. The van der Waals surface area contributed by atoms with E-state index in [4.69, 9.17) is 0 Å². The van der Waals surface area contributed by atoms with Gasteiger partial charge in [-0.1, -0.05) is 62.3 Å². The third-order valence-corrected chi connectivity index (χ3v) is 4.55. The van der Waals surface area contributed by atoms with Crippen molar-refractivity contribution < 1.29 is 0 Å². The fraction of sp³-hybridized carbons (Fsp3) is 0.750. The summed E-state index contributed by atoms with van der Waals surface area (Å²) in [5.41, 5.74) is 4.63. The highest BCUT2D eigenvalue weighted by Gasteiger charge is 2.12. The number of hydrogen-bond donors (Lipinski definition) is 3. The summed E-state index contributed by atoms with van der Waals surface area (Å²) < 4.78 is 0. The zero-order chi connectivity index (χ0) is 20.7. The Bertz CT molecular complexity index is 463. The van der Waals surface area contributed by atoms with E-state index in [-0.39, 0.29) is 0 Å². The van der Waals surface area contributed by atoms with Gasteiger partial charge in [0.15, 0.2) is 0 Å². The van der Waals surface area contributed by atoms with Gasteiger partial charge in [0.25, 0.3) is 0 Å². The van der Waals surface area contributed by atoms with Gasteiger partial charge >= 0.3 is 0 Å². The zero-order valence-corrected chi connectivity index (χ0v) is 19.5. The van der Waals surface area contributed by atoms with Crippen molar-refractivity contribution in [3.63, 3.8) is 0 Å². The van der Waals surface area contributed by atoms with Crippen LogP contribution >= 0.6 is 0 Å². The maximum absolute atomic E-state index is 3.62. The first-order valence-electron chi connectivity index (χ1n) is 10.6. The van der Waals surface area contributed by atoms with Crippen LogP contribution in [0.25, 0.3) is 0 Å². The number of benzene rings is 1. The molecule has 0 spiro atoms. The molecule has 3 nitrogen and oxygen atoms in total. The van der Waals surface area contributed by atoms with Crippen molar-refractivity contribution in [3.05, 3.63) is 18.2 Å². The summed E-state index contributed by atoms with van der Waals surface area (Å²) in [5.74, 6) is 0. The van der Waals surface area contributed by atoms with Gasteiger partial charge in [-0.05, 0) is 53.7 Å². The van der Waals surface area contributed by atoms with Crippen LogP contribution in [0.2, 0.25) is 0 Å². The lowest BCUT2D eigenvalue weighted by Gasteiger charge is -2.21. The van der Waals surface area contributed by atoms with Crippen molar-refractivity contribution in [2.45, 2.75) is 81.6 Å². The Labute approximate surface area is 169 Å². The average Bonchev–Trinajstić information content (AvgIpc) is 2.43. The second-order valence-electron chi connectivity index (χ2n) is 11.5. The molecule has 0 radical (unpaired) electrons. The first kappa shape index (κ1) is 23.7. The summed E-state index contributed by atoms with van der Waals surface area (Å²) in [5, 5.41) is 10.8. The van der Waals surface area contributed by atoms with Crippen LogP contribution in [0.15, 0.2) is 18.2 Å². The SMILES string of the molecule is CC(C)(C)CCNc1cc(NCCC(C)(C)C)cc(NCCC(C)(C)C)c1. The molecule has 1 rings (SSSR count). The third kappa shape index (κ3) is 12.6. The number of anilines is 3. The van der Waals surface area contributed by atoms with Gasteiger partial charge in [0.2, 0.25) is 0 Å². The van der Waals surface area contributed by atoms with Gasteiger partial charge in [-0.25, -0.2) is 0 Å². The van der Waals surface area contributed by atoms with Crippen molar-refractivity contribution in [3.8, 4) is 0 Å². The molecule has 0 saturated heterocycles.